The van der Waals surface area contributed by atoms with E-state index in [-0.39, 0.29) is 17.1 Å². The van der Waals surface area contributed by atoms with Crippen molar-refractivity contribution in [2.45, 2.75) is 6.42 Å². The Morgan fingerprint density at radius 1 is 0.714 bits per heavy atom. The van der Waals surface area contributed by atoms with Crippen LogP contribution in [0.15, 0.2) is 78.9 Å². The second kappa shape index (κ2) is 11.2. The van der Waals surface area contributed by atoms with Gasteiger partial charge in [0, 0.05) is 42.9 Å². The van der Waals surface area contributed by atoms with Gasteiger partial charge in [-0.2, -0.15) is 0 Å². The molecule has 0 spiro atoms. The SMILES string of the molecule is CN(C)CC/C=C(\B(c1ccc([N+](=O)[O-])cc1)c1ccc([N+](=O)[O-])cc1)c1ccc([N+](=O)[O-])cc1. The Kier molecular flexibility index (Phi) is 8.06. The first-order chi connectivity index (χ1) is 16.7. The topological polar surface area (TPSA) is 133 Å². The molecule has 0 aliphatic carbocycles. The van der Waals surface area contributed by atoms with Crippen molar-refractivity contribution < 1.29 is 14.8 Å². The molecule has 0 aliphatic rings. The fraction of sp³-hybridized carbons (Fsp3) is 0.167. The molecule has 0 N–H and O–H groups in total. The van der Waals surface area contributed by atoms with Gasteiger partial charge >= 0.3 is 0 Å². The highest BCUT2D eigenvalue weighted by Gasteiger charge is 2.26. The van der Waals surface area contributed by atoms with E-state index in [0.29, 0.717) is 6.42 Å². The molecule has 10 nitrogen and oxygen atoms in total. The van der Waals surface area contributed by atoms with Gasteiger partial charge in [-0.05, 0) is 38.2 Å². The van der Waals surface area contributed by atoms with Crippen molar-refractivity contribution in [1.82, 2.24) is 4.90 Å². The Hall–Kier alpha value is -4.38. The summed E-state index contributed by atoms with van der Waals surface area (Å²) >= 11 is 0. The molecule has 0 fully saturated rings. The summed E-state index contributed by atoms with van der Waals surface area (Å²) in [4.78, 5) is 34.1. The molecule has 35 heavy (non-hydrogen) atoms. The highest BCUT2D eigenvalue weighted by atomic mass is 16.6. The molecule has 0 bridgehead atoms. The van der Waals surface area contributed by atoms with Gasteiger partial charge in [0.05, 0.1) is 14.8 Å². The van der Waals surface area contributed by atoms with Gasteiger partial charge in [-0.3, -0.25) is 30.3 Å². The smallest absolute Gasteiger partial charge is 0.269 e. The van der Waals surface area contributed by atoms with Crippen LogP contribution in [0.4, 0.5) is 17.1 Å². The van der Waals surface area contributed by atoms with E-state index >= 15 is 0 Å². The lowest BCUT2D eigenvalue weighted by Crippen LogP contribution is -2.43. The maximum Gasteiger partial charge on any atom is 0.269 e. The van der Waals surface area contributed by atoms with E-state index in [1.807, 2.05) is 25.1 Å². The molecule has 11 heteroatoms. The third-order valence-corrected chi connectivity index (χ3v) is 5.54. The Labute approximate surface area is 202 Å². The minimum atomic E-state index is -0.477. The third kappa shape index (κ3) is 6.36. The molecule has 3 aromatic rings. The van der Waals surface area contributed by atoms with Crippen LogP contribution in [-0.4, -0.2) is 47.0 Å². The third-order valence-electron chi connectivity index (χ3n) is 5.54. The summed E-state index contributed by atoms with van der Waals surface area (Å²) in [5, 5.41) is 33.5. The Balaban J connectivity index is 2.18. The molecule has 0 aromatic heterocycles. The summed E-state index contributed by atoms with van der Waals surface area (Å²) in [6, 6.07) is 18.5. The maximum atomic E-state index is 11.2. The van der Waals surface area contributed by atoms with Crippen LogP contribution in [0.5, 0.6) is 0 Å². The zero-order valence-electron chi connectivity index (χ0n) is 19.2. The summed E-state index contributed by atoms with van der Waals surface area (Å²) in [6.07, 6.45) is 2.71. The monoisotopic (exact) mass is 474 g/mol. The molecular formula is C24H23BN4O6. The zero-order chi connectivity index (χ0) is 25.5. The number of nitrogens with zero attached hydrogens (tertiary/aromatic N) is 4. The first kappa shape index (κ1) is 25.3. The normalized spacial score (nSPS) is 11.3. The fourth-order valence-electron chi connectivity index (χ4n) is 3.78. The molecule has 3 aromatic carbocycles. The second-order valence-corrected chi connectivity index (χ2v) is 8.19. The van der Waals surface area contributed by atoms with Crippen LogP contribution in [0.1, 0.15) is 12.0 Å². The second-order valence-electron chi connectivity index (χ2n) is 8.19. The highest BCUT2D eigenvalue weighted by molar-refractivity contribution is 6.99. The van der Waals surface area contributed by atoms with Crippen molar-refractivity contribution in [1.29, 1.82) is 0 Å². The Bertz CT molecular complexity index is 1190. The van der Waals surface area contributed by atoms with Crippen molar-refractivity contribution in [3.63, 3.8) is 0 Å². The molecule has 0 saturated heterocycles. The first-order valence-corrected chi connectivity index (χ1v) is 10.8. The predicted molar refractivity (Wildman–Crippen MR) is 135 cm³/mol. The maximum absolute atomic E-state index is 11.2. The molecule has 3 rings (SSSR count). The average Bonchev–Trinajstić information content (AvgIpc) is 2.83. The van der Waals surface area contributed by atoms with Crippen LogP contribution in [0.25, 0.3) is 5.47 Å². The molecule has 0 heterocycles. The minimum absolute atomic E-state index is 0.0383. The van der Waals surface area contributed by atoms with E-state index in [1.54, 1.807) is 36.4 Å². The van der Waals surface area contributed by atoms with E-state index in [0.717, 1.165) is 28.5 Å². The molecule has 0 saturated carbocycles. The van der Waals surface area contributed by atoms with Gasteiger partial charge in [0.2, 0.25) is 6.71 Å². The quantitative estimate of drug-likeness (QED) is 0.249. The Morgan fingerprint density at radius 3 is 1.43 bits per heavy atom. The summed E-state index contributed by atoms with van der Waals surface area (Å²) in [7, 11) is 3.90. The van der Waals surface area contributed by atoms with Crippen molar-refractivity contribution in [3.05, 3.63) is 115 Å². The summed E-state index contributed by atoms with van der Waals surface area (Å²) in [5.74, 6) is 0. The van der Waals surface area contributed by atoms with Crippen LogP contribution in [0, 0.1) is 30.3 Å². The van der Waals surface area contributed by atoms with Gasteiger partial charge in [0.15, 0.2) is 0 Å². The minimum Gasteiger partial charge on any atom is -0.309 e. The predicted octanol–water partition coefficient (Wildman–Crippen LogP) is 3.59. The number of hydrogen-bond donors (Lipinski definition) is 0. The molecule has 0 radical (unpaired) electrons. The number of hydrogen-bond acceptors (Lipinski definition) is 7. The van der Waals surface area contributed by atoms with Crippen LogP contribution in [0.3, 0.4) is 0 Å². The number of non-ortho nitro benzene ring substituents is 3. The number of rotatable bonds is 10. The summed E-state index contributed by atoms with van der Waals surface area (Å²) < 4.78 is 0. The van der Waals surface area contributed by atoms with Gasteiger partial charge in [-0.1, -0.05) is 46.7 Å². The van der Waals surface area contributed by atoms with Crippen molar-refractivity contribution in [2.75, 3.05) is 20.6 Å². The number of nitro benzene ring substituents is 3. The van der Waals surface area contributed by atoms with Gasteiger partial charge in [-0.15, -0.1) is 0 Å². The lowest BCUT2D eigenvalue weighted by Gasteiger charge is -2.20. The van der Waals surface area contributed by atoms with E-state index in [2.05, 4.69) is 0 Å². The van der Waals surface area contributed by atoms with Crippen LogP contribution in [0.2, 0.25) is 0 Å². The lowest BCUT2D eigenvalue weighted by atomic mass is 9.35. The summed E-state index contributed by atoms with van der Waals surface area (Å²) in [5.41, 5.74) is 2.94. The van der Waals surface area contributed by atoms with E-state index in [9.17, 15) is 30.3 Å². The standard InChI is InChI=1S/C24H23BN4O6/c1-26(2)17-3-4-24(18-5-11-21(12-6-18)27(30)31)25(19-7-13-22(14-8-19)28(32)33)20-9-15-23(16-10-20)29(34)35/h4-16H,3,17H2,1-2H3/b24-4-. The average molecular weight is 474 g/mol. The van der Waals surface area contributed by atoms with E-state index in [4.69, 9.17) is 0 Å². The van der Waals surface area contributed by atoms with Gasteiger partial charge in [0.25, 0.3) is 17.1 Å². The summed E-state index contributed by atoms with van der Waals surface area (Å²) in [6.45, 7) is 0.337. The highest BCUT2D eigenvalue weighted by Crippen LogP contribution is 2.23. The van der Waals surface area contributed by atoms with Crippen LogP contribution >= 0.6 is 0 Å². The zero-order valence-corrected chi connectivity index (χ0v) is 19.2. The Morgan fingerprint density at radius 2 is 1.09 bits per heavy atom. The molecular weight excluding hydrogens is 451 g/mol. The first-order valence-electron chi connectivity index (χ1n) is 10.8. The van der Waals surface area contributed by atoms with Crippen LogP contribution in [-0.2, 0) is 0 Å². The van der Waals surface area contributed by atoms with Crippen molar-refractivity contribution >= 4 is 40.2 Å². The molecule has 0 atom stereocenters. The number of benzene rings is 3. The molecule has 0 amide bonds. The fourth-order valence-corrected chi connectivity index (χ4v) is 3.78. The van der Waals surface area contributed by atoms with Gasteiger partial charge in [-0.25, -0.2) is 0 Å². The van der Waals surface area contributed by atoms with Crippen molar-refractivity contribution in [2.24, 2.45) is 0 Å². The molecule has 0 aliphatic heterocycles. The van der Waals surface area contributed by atoms with Gasteiger partial charge < -0.3 is 4.90 Å². The van der Waals surface area contributed by atoms with E-state index < -0.39 is 21.5 Å². The largest absolute Gasteiger partial charge is 0.309 e. The van der Waals surface area contributed by atoms with Gasteiger partial charge in [0.1, 0.15) is 0 Å². The molecule has 0 unspecified atom stereocenters. The molecule has 178 valence electrons. The lowest BCUT2D eigenvalue weighted by molar-refractivity contribution is -0.385. The number of nitro groups is 3. The van der Waals surface area contributed by atoms with E-state index in [1.165, 1.54) is 36.4 Å². The van der Waals surface area contributed by atoms with Crippen molar-refractivity contribution in [3.8, 4) is 0 Å². The van der Waals surface area contributed by atoms with Crippen LogP contribution < -0.4 is 10.9 Å².